The number of thiophene rings is 1. The van der Waals surface area contributed by atoms with Gasteiger partial charge in [-0.2, -0.15) is 43.2 Å². The fraction of sp³-hybridized carbons (Fsp3) is 0.100. The molecule has 0 aliphatic carbocycles. The van der Waals surface area contributed by atoms with Crippen molar-refractivity contribution in [2.24, 2.45) is 0 Å². The Kier molecular flexibility index (Phi) is 5.92. The van der Waals surface area contributed by atoms with E-state index in [-0.39, 0.29) is 11.1 Å². The Labute approximate surface area is 197 Å². The molecule has 186 valence electrons. The highest BCUT2D eigenvalue weighted by atomic mass is 32.2. The molecule has 0 aliphatic rings. The summed E-state index contributed by atoms with van der Waals surface area (Å²) in [6, 6.07) is 13.8. The fourth-order valence-electron chi connectivity index (χ4n) is 3.15. The minimum absolute atomic E-state index is 0.149. The molecule has 1 aromatic heterocycles. The lowest BCUT2D eigenvalue weighted by Gasteiger charge is -2.14. The Morgan fingerprint density at radius 1 is 0.657 bits per heavy atom. The fourth-order valence-corrected chi connectivity index (χ4v) is 5.27. The van der Waals surface area contributed by atoms with E-state index in [0.717, 1.165) is 22.2 Å². The van der Waals surface area contributed by atoms with Crippen molar-refractivity contribution in [1.82, 2.24) is 0 Å². The monoisotopic (exact) mass is 556 g/mol. The first-order valence-corrected chi connectivity index (χ1v) is 12.8. The van der Waals surface area contributed by atoms with Crippen molar-refractivity contribution in [3.05, 3.63) is 60.7 Å². The van der Waals surface area contributed by atoms with E-state index in [4.69, 9.17) is 0 Å². The Hall–Kier alpha value is -3.04. The molecule has 3 aromatic carbocycles. The van der Waals surface area contributed by atoms with Crippen LogP contribution in [0.1, 0.15) is 0 Å². The van der Waals surface area contributed by atoms with Crippen LogP contribution in [0.25, 0.3) is 31.3 Å². The lowest BCUT2D eigenvalue weighted by atomic mass is 10.0. The topological polar surface area (TPSA) is 86.7 Å². The van der Waals surface area contributed by atoms with Gasteiger partial charge >= 0.3 is 31.3 Å². The smallest absolute Gasteiger partial charge is 0.376 e. The van der Waals surface area contributed by atoms with Gasteiger partial charge in [0, 0.05) is 26.2 Å². The Morgan fingerprint density at radius 2 is 1.17 bits per heavy atom. The lowest BCUT2D eigenvalue weighted by molar-refractivity contribution is -0.0502. The summed E-state index contributed by atoms with van der Waals surface area (Å²) in [5.74, 6) is -2.21. The zero-order valence-electron chi connectivity index (χ0n) is 16.7. The third kappa shape index (κ3) is 4.75. The van der Waals surface area contributed by atoms with Crippen LogP contribution in [0.3, 0.4) is 0 Å². The SMILES string of the molecule is O=S(=O)(Oc1cc(OS(=O)(=O)C(F)(F)F)cc(-c2cccc3c2sc2ccccc23)c1)C(F)(F)F. The molecule has 6 nitrogen and oxygen atoms in total. The first-order valence-electron chi connectivity index (χ1n) is 9.16. The maximum Gasteiger partial charge on any atom is 0.534 e. The van der Waals surface area contributed by atoms with Gasteiger partial charge in [0.25, 0.3) is 0 Å². The number of fused-ring (bicyclic) bond motifs is 3. The van der Waals surface area contributed by atoms with Crippen LogP contribution in [0, 0.1) is 0 Å². The van der Waals surface area contributed by atoms with Gasteiger partial charge in [-0.25, -0.2) is 0 Å². The highest BCUT2D eigenvalue weighted by Gasteiger charge is 2.50. The predicted octanol–water partition coefficient (Wildman–Crippen LogP) is 6.18. The number of benzene rings is 3. The minimum Gasteiger partial charge on any atom is -0.376 e. The summed E-state index contributed by atoms with van der Waals surface area (Å²) >= 11 is 1.25. The molecule has 15 heteroatoms. The van der Waals surface area contributed by atoms with Crippen molar-refractivity contribution in [3.8, 4) is 22.6 Å². The van der Waals surface area contributed by atoms with Crippen LogP contribution in [0.15, 0.2) is 60.7 Å². The summed E-state index contributed by atoms with van der Waals surface area (Å²) < 4.78 is 132. The van der Waals surface area contributed by atoms with E-state index in [9.17, 15) is 43.2 Å². The van der Waals surface area contributed by atoms with Crippen LogP contribution in [0.4, 0.5) is 26.3 Å². The van der Waals surface area contributed by atoms with Crippen LogP contribution in [-0.4, -0.2) is 27.9 Å². The second-order valence-corrected chi connectivity index (χ2v) is 11.1. The van der Waals surface area contributed by atoms with E-state index in [2.05, 4.69) is 8.37 Å². The molecule has 4 aromatic rings. The van der Waals surface area contributed by atoms with E-state index in [1.807, 2.05) is 0 Å². The van der Waals surface area contributed by atoms with Crippen LogP contribution in [0.5, 0.6) is 11.5 Å². The number of halogens is 6. The molecule has 4 rings (SSSR count). The van der Waals surface area contributed by atoms with Crippen LogP contribution < -0.4 is 8.37 Å². The predicted molar refractivity (Wildman–Crippen MR) is 116 cm³/mol. The summed E-state index contributed by atoms with van der Waals surface area (Å²) in [5, 5.41) is 1.51. The molecule has 0 saturated carbocycles. The molecule has 0 spiro atoms. The average molecular weight is 556 g/mol. The second kappa shape index (κ2) is 8.27. The highest BCUT2D eigenvalue weighted by Crippen LogP contribution is 2.42. The largest absolute Gasteiger partial charge is 0.534 e. The zero-order chi connectivity index (χ0) is 25.8. The third-order valence-corrected chi connectivity index (χ3v) is 7.75. The maximum absolute atomic E-state index is 12.8. The Balaban J connectivity index is 1.93. The van der Waals surface area contributed by atoms with Gasteiger partial charge in [-0.05, 0) is 29.3 Å². The minimum atomic E-state index is -6.23. The first-order chi connectivity index (χ1) is 16.1. The molecule has 35 heavy (non-hydrogen) atoms. The summed E-state index contributed by atoms with van der Waals surface area (Å²) in [4.78, 5) is 0. The molecule has 0 radical (unpaired) electrons. The van der Waals surface area contributed by atoms with Gasteiger partial charge in [0.2, 0.25) is 0 Å². The molecule has 1 heterocycles. The summed E-state index contributed by atoms with van der Waals surface area (Å²) in [7, 11) is -12.5. The Bertz CT molecular complexity index is 1590. The van der Waals surface area contributed by atoms with Gasteiger partial charge in [0.05, 0.1) is 0 Å². The standard InChI is InChI=1S/C20H10F6O6S3/c21-19(22,23)34(27,28)31-12-8-11(9-13(10-12)32-35(29,30)20(24,25)26)14-5-3-6-16-15-4-1-2-7-17(15)33-18(14)16/h1-10H. The molecular weight excluding hydrogens is 546 g/mol. The first kappa shape index (κ1) is 25.1. The zero-order valence-corrected chi connectivity index (χ0v) is 19.2. The molecule has 0 bridgehead atoms. The van der Waals surface area contributed by atoms with E-state index < -0.39 is 42.8 Å². The highest BCUT2D eigenvalue weighted by molar-refractivity contribution is 7.88. The van der Waals surface area contributed by atoms with Crippen molar-refractivity contribution in [1.29, 1.82) is 0 Å². The van der Waals surface area contributed by atoms with Gasteiger partial charge < -0.3 is 8.37 Å². The second-order valence-electron chi connectivity index (χ2n) is 6.94. The van der Waals surface area contributed by atoms with Crippen LogP contribution in [0.2, 0.25) is 0 Å². The molecule has 0 fully saturated rings. The van der Waals surface area contributed by atoms with Gasteiger partial charge in [-0.15, -0.1) is 11.3 Å². The lowest BCUT2D eigenvalue weighted by Crippen LogP contribution is -2.29. The maximum atomic E-state index is 12.8. The molecule has 0 unspecified atom stereocenters. The van der Waals surface area contributed by atoms with E-state index in [0.29, 0.717) is 16.2 Å². The van der Waals surface area contributed by atoms with E-state index >= 15 is 0 Å². The van der Waals surface area contributed by atoms with Gasteiger partial charge in [-0.3, -0.25) is 0 Å². The molecule has 0 saturated heterocycles. The van der Waals surface area contributed by atoms with Crippen molar-refractivity contribution >= 4 is 51.7 Å². The quantitative estimate of drug-likeness (QED) is 0.166. The molecular formula is C20H10F6O6S3. The average Bonchev–Trinajstić information content (AvgIpc) is 3.10. The number of alkyl halides is 6. The van der Waals surface area contributed by atoms with Gasteiger partial charge in [0.1, 0.15) is 11.5 Å². The molecule has 0 atom stereocenters. The number of rotatable bonds is 5. The van der Waals surface area contributed by atoms with E-state index in [1.54, 1.807) is 36.4 Å². The van der Waals surface area contributed by atoms with Crippen molar-refractivity contribution in [3.63, 3.8) is 0 Å². The van der Waals surface area contributed by atoms with Crippen LogP contribution in [-0.2, 0) is 20.2 Å². The molecule has 0 N–H and O–H groups in total. The third-order valence-electron chi connectivity index (χ3n) is 4.57. The summed E-state index contributed by atoms with van der Waals surface area (Å²) in [5.41, 5.74) is -11.6. The van der Waals surface area contributed by atoms with Crippen LogP contribution >= 0.6 is 11.3 Å². The summed E-state index contributed by atoms with van der Waals surface area (Å²) in [6.45, 7) is 0. The van der Waals surface area contributed by atoms with Crippen molar-refractivity contribution in [2.75, 3.05) is 0 Å². The Morgan fingerprint density at radius 3 is 1.71 bits per heavy atom. The van der Waals surface area contributed by atoms with Gasteiger partial charge in [0.15, 0.2) is 0 Å². The summed E-state index contributed by atoms with van der Waals surface area (Å²) in [6.07, 6.45) is 0. The van der Waals surface area contributed by atoms with E-state index in [1.165, 1.54) is 17.4 Å². The number of hydrogen-bond donors (Lipinski definition) is 0. The molecule has 0 amide bonds. The van der Waals surface area contributed by atoms with Gasteiger partial charge in [-0.1, -0.05) is 36.4 Å². The number of hydrogen-bond acceptors (Lipinski definition) is 7. The molecule has 0 aliphatic heterocycles. The normalized spacial score (nSPS) is 13.3. The van der Waals surface area contributed by atoms with Crippen molar-refractivity contribution in [2.45, 2.75) is 11.0 Å². The van der Waals surface area contributed by atoms with Crippen molar-refractivity contribution < 1.29 is 51.5 Å².